The third kappa shape index (κ3) is 5.05. The number of pyridine rings is 1. The van der Waals surface area contributed by atoms with Crippen LogP contribution in [0.1, 0.15) is 26.0 Å². The van der Waals surface area contributed by atoms with Crippen molar-refractivity contribution in [3.05, 3.63) is 45.9 Å². The summed E-state index contributed by atoms with van der Waals surface area (Å²) in [4.78, 5) is 12.5. The van der Waals surface area contributed by atoms with Crippen molar-refractivity contribution in [1.82, 2.24) is 9.29 Å². The number of nitrogens with zero attached hydrogens (tertiary/aromatic N) is 1. The lowest BCUT2D eigenvalue weighted by molar-refractivity contribution is -0.137. The van der Waals surface area contributed by atoms with Crippen LogP contribution in [0.3, 0.4) is 0 Å². The predicted molar refractivity (Wildman–Crippen MR) is 122 cm³/mol. The van der Waals surface area contributed by atoms with Gasteiger partial charge in [-0.05, 0) is 38.8 Å². The lowest BCUT2D eigenvalue weighted by Crippen LogP contribution is -2.38. The molecule has 0 radical (unpaired) electrons. The molecule has 1 aromatic heterocycles. The van der Waals surface area contributed by atoms with E-state index in [2.05, 4.69) is 14.8 Å². The highest BCUT2D eigenvalue weighted by molar-refractivity contribution is 7.90. The summed E-state index contributed by atoms with van der Waals surface area (Å²) in [6.07, 6.45) is 0.393. The first-order chi connectivity index (χ1) is 15.5. The fourth-order valence-corrected chi connectivity index (χ4v) is 4.92. The molecule has 9 nitrogen and oxygen atoms in total. The Hall–Kier alpha value is -2.48. The molecule has 3 N–H and O–H groups in total. The van der Waals surface area contributed by atoms with Crippen LogP contribution in [-0.4, -0.2) is 45.9 Å². The van der Waals surface area contributed by atoms with Gasteiger partial charge in [0, 0.05) is 18.8 Å². The number of hydrogen-bond acceptors (Lipinski definition) is 6. The second-order valence-electron chi connectivity index (χ2n) is 8.58. The summed E-state index contributed by atoms with van der Waals surface area (Å²) < 4.78 is 72.0. The normalized spacial score (nSPS) is 19.5. The van der Waals surface area contributed by atoms with Gasteiger partial charge in [-0.1, -0.05) is 11.5 Å². The van der Waals surface area contributed by atoms with Crippen molar-refractivity contribution in [1.29, 1.82) is 0 Å². The molecule has 13 heteroatoms. The van der Waals surface area contributed by atoms with Crippen LogP contribution in [0, 0.1) is 11.6 Å². The molecule has 0 saturated carbocycles. The standard InChI is InChI=1S/C20H25BF2N4O5S/c1-20(2)31-10-12(32-20)9-24-33(29,30)26-17-15-4-3-7-27(15)19(28)16(23)18(17)25-14-6-5-11(21)8-13(14)22/h5-6,8,12,24-26H,3-4,7,9-10,21H2,1-2H3. The van der Waals surface area contributed by atoms with Gasteiger partial charge in [0.2, 0.25) is 5.82 Å². The van der Waals surface area contributed by atoms with Crippen LogP contribution in [0.15, 0.2) is 23.0 Å². The van der Waals surface area contributed by atoms with E-state index < -0.39 is 45.0 Å². The molecule has 33 heavy (non-hydrogen) atoms. The molecule has 1 fully saturated rings. The predicted octanol–water partition coefficient (Wildman–Crippen LogP) is 0.472. The van der Waals surface area contributed by atoms with Crippen LogP contribution in [0.5, 0.6) is 0 Å². The van der Waals surface area contributed by atoms with Crippen molar-refractivity contribution >= 4 is 40.6 Å². The van der Waals surface area contributed by atoms with E-state index in [0.717, 1.165) is 0 Å². The molecule has 2 aromatic rings. The van der Waals surface area contributed by atoms with Crippen LogP contribution >= 0.6 is 0 Å². The number of nitrogens with one attached hydrogen (secondary N) is 3. The molecule has 1 aromatic carbocycles. The summed E-state index contributed by atoms with van der Waals surface area (Å²) in [6.45, 7) is 3.82. The molecule has 2 aliphatic heterocycles. The molecule has 1 saturated heterocycles. The Morgan fingerprint density at radius 1 is 1.27 bits per heavy atom. The lowest BCUT2D eigenvalue weighted by Gasteiger charge is -2.20. The Balaban J connectivity index is 1.66. The minimum atomic E-state index is -4.19. The maximum Gasteiger partial charge on any atom is 0.299 e. The second-order valence-corrected chi connectivity index (χ2v) is 10.1. The highest BCUT2D eigenvalue weighted by Crippen LogP contribution is 2.34. The first-order valence-electron chi connectivity index (χ1n) is 10.5. The number of benzene rings is 1. The van der Waals surface area contributed by atoms with Crippen molar-refractivity contribution in [2.24, 2.45) is 0 Å². The van der Waals surface area contributed by atoms with Crippen LogP contribution < -0.4 is 25.8 Å². The van der Waals surface area contributed by atoms with Gasteiger partial charge in [0.05, 0.1) is 24.1 Å². The number of ether oxygens (including phenoxy) is 2. The van der Waals surface area contributed by atoms with Gasteiger partial charge in [0.15, 0.2) is 5.79 Å². The third-order valence-electron chi connectivity index (χ3n) is 5.50. The van der Waals surface area contributed by atoms with Gasteiger partial charge >= 0.3 is 0 Å². The van der Waals surface area contributed by atoms with Gasteiger partial charge < -0.3 is 19.4 Å². The smallest absolute Gasteiger partial charge is 0.299 e. The maximum absolute atomic E-state index is 15.1. The molecule has 3 heterocycles. The Morgan fingerprint density at radius 3 is 2.70 bits per heavy atom. The average Bonchev–Trinajstić information content (AvgIpc) is 3.35. The van der Waals surface area contributed by atoms with Gasteiger partial charge in [-0.25, -0.2) is 4.39 Å². The molecule has 178 valence electrons. The number of anilines is 3. The summed E-state index contributed by atoms with van der Waals surface area (Å²) in [6, 6.07) is 4.25. The topological polar surface area (TPSA) is 111 Å². The van der Waals surface area contributed by atoms with E-state index in [1.807, 2.05) is 0 Å². The van der Waals surface area contributed by atoms with Gasteiger partial charge in [-0.2, -0.15) is 17.5 Å². The molecule has 1 atom stereocenters. The molecular weight excluding hydrogens is 457 g/mol. The van der Waals surface area contributed by atoms with E-state index in [9.17, 15) is 17.6 Å². The first kappa shape index (κ1) is 23.7. The largest absolute Gasteiger partial charge is 0.349 e. The van der Waals surface area contributed by atoms with Gasteiger partial charge in [0.25, 0.3) is 15.8 Å². The third-order valence-corrected chi connectivity index (χ3v) is 6.52. The molecule has 0 amide bonds. The fourth-order valence-electron chi connectivity index (χ4n) is 3.96. The van der Waals surface area contributed by atoms with Crippen LogP contribution in [0.4, 0.5) is 25.8 Å². The zero-order valence-electron chi connectivity index (χ0n) is 18.5. The lowest BCUT2D eigenvalue weighted by atomic mass is 9.96. The monoisotopic (exact) mass is 482 g/mol. The van der Waals surface area contributed by atoms with Crippen LogP contribution in [0.25, 0.3) is 0 Å². The summed E-state index contributed by atoms with van der Waals surface area (Å²) in [5, 5.41) is 2.57. The van der Waals surface area contributed by atoms with Crippen molar-refractivity contribution in [3.8, 4) is 0 Å². The second kappa shape index (κ2) is 8.71. The number of rotatable bonds is 7. The Morgan fingerprint density at radius 2 is 2.03 bits per heavy atom. The summed E-state index contributed by atoms with van der Waals surface area (Å²) in [7, 11) is -2.50. The highest BCUT2D eigenvalue weighted by Gasteiger charge is 2.34. The SMILES string of the molecule is Bc1ccc(Nc2c(NS(=O)(=O)NCC3COC(C)(C)O3)c3n(c(=O)c2F)CCC3)c(F)c1. The molecule has 2 aliphatic rings. The maximum atomic E-state index is 15.1. The molecular formula is C20H25BF2N4O5S. The van der Waals surface area contributed by atoms with Crippen molar-refractivity contribution in [3.63, 3.8) is 0 Å². The molecule has 4 rings (SSSR count). The Kier molecular flexibility index (Phi) is 6.25. The molecule has 0 bridgehead atoms. The number of fused-ring (bicyclic) bond motifs is 1. The van der Waals surface area contributed by atoms with Crippen LogP contribution in [-0.2, 0) is 32.6 Å². The van der Waals surface area contributed by atoms with E-state index >= 15 is 4.39 Å². The minimum absolute atomic E-state index is 0.0778. The van der Waals surface area contributed by atoms with E-state index in [0.29, 0.717) is 24.0 Å². The minimum Gasteiger partial charge on any atom is -0.349 e. The number of hydrogen-bond donors (Lipinski definition) is 3. The molecule has 0 aliphatic carbocycles. The van der Waals surface area contributed by atoms with E-state index in [4.69, 9.17) is 9.47 Å². The first-order valence-corrected chi connectivity index (χ1v) is 12.0. The molecule has 0 spiro atoms. The van der Waals surface area contributed by atoms with Gasteiger partial charge in [0.1, 0.15) is 19.4 Å². The van der Waals surface area contributed by atoms with Crippen molar-refractivity contribution in [2.75, 3.05) is 23.2 Å². The Bertz CT molecular complexity index is 1250. The van der Waals surface area contributed by atoms with E-state index in [-0.39, 0.29) is 31.1 Å². The summed E-state index contributed by atoms with van der Waals surface area (Å²) in [5.74, 6) is -2.68. The number of halogens is 2. The fraction of sp³-hybridized carbons (Fsp3) is 0.450. The van der Waals surface area contributed by atoms with Crippen LogP contribution in [0.2, 0.25) is 0 Å². The zero-order chi connectivity index (χ0) is 24.0. The highest BCUT2D eigenvalue weighted by atomic mass is 32.2. The Labute approximate surface area is 191 Å². The molecule has 1 unspecified atom stereocenters. The van der Waals surface area contributed by atoms with Crippen molar-refractivity contribution in [2.45, 2.75) is 45.1 Å². The number of aromatic nitrogens is 1. The van der Waals surface area contributed by atoms with Crippen molar-refractivity contribution < 1.29 is 26.7 Å². The quantitative estimate of drug-likeness (QED) is 0.495. The zero-order valence-corrected chi connectivity index (χ0v) is 19.3. The summed E-state index contributed by atoms with van der Waals surface area (Å²) in [5.41, 5.74) is -0.577. The van der Waals surface area contributed by atoms with E-state index in [1.54, 1.807) is 27.8 Å². The van der Waals surface area contributed by atoms with Gasteiger partial charge in [-0.15, -0.1) is 0 Å². The summed E-state index contributed by atoms with van der Waals surface area (Å²) >= 11 is 0. The average molecular weight is 482 g/mol. The van der Waals surface area contributed by atoms with E-state index in [1.165, 1.54) is 16.7 Å². The van der Waals surface area contributed by atoms with Gasteiger partial charge in [-0.3, -0.25) is 9.52 Å².